The first kappa shape index (κ1) is 17.8. The molecule has 1 aromatic carbocycles. The van der Waals surface area contributed by atoms with Crippen LogP contribution in [0.1, 0.15) is 18.9 Å². The molecule has 0 radical (unpaired) electrons. The Morgan fingerprint density at radius 2 is 2.12 bits per heavy atom. The minimum absolute atomic E-state index is 0.00843. The zero-order chi connectivity index (χ0) is 17.7. The summed E-state index contributed by atoms with van der Waals surface area (Å²) < 4.78 is 5.12. The van der Waals surface area contributed by atoms with E-state index in [0.29, 0.717) is 19.6 Å². The molecular weight excluding hydrogens is 306 g/mol. The van der Waals surface area contributed by atoms with Crippen molar-refractivity contribution in [2.45, 2.75) is 19.9 Å². The van der Waals surface area contributed by atoms with Gasteiger partial charge in [0.05, 0.1) is 25.0 Å². The van der Waals surface area contributed by atoms with E-state index in [2.05, 4.69) is 6.07 Å². The molecule has 1 aliphatic rings. The Morgan fingerprint density at radius 1 is 1.46 bits per heavy atom. The molecule has 0 bridgehead atoms. The molecule has 0 N–H and O–H groups in total. The van der Waals surface area contributed by atoms with E-state index in [1.165, 1.54) is 0 Å². The van der Waals surface area contributed by atoms with E-state index >= 15 is 0 Å². The van der Waals surface area contributed by atoms with Gasteiger partial charge in [-0.15, -0.1) is 0 Å². The monoisotopic (exact) mass is 329 g/mol. The van der Waals surface area contributed by atoms with Crippen molar-refractivity contribution >= 4 is 11.8 Å². The van der Waals surface area contributed by atoms with Gasteiger partial charge in [0, 0.05) is 33.1 Å². The molecule has 6 nitrogen and oxygen atoms in total. The highest BCUT2D eigenvalue weighted by molar-refractivity contribution is 5.89. The van der Waals surface area contributed by atoms with Gasteiger partial charge in [-0.25, -0.2) is 0 Å². The molecular formula is C18H23N3O3. The van der Waals surface area contributed by atoms with Crippen LogP contribution < -0.4 is 4.74 Å². The van der Waals surface area contributed by atoms with Crippen LogP contribution in [0.2, 0.25) is 0 Å². The van der Waals surface area contributed by atoms with E-state index < -0.39 is 0 Å². The number of benzene rings is 1. The number of methoxy groups -OCH3 is 1. The number of hydrogen-bond donors (Lipinski definition) is 0. The number of rotatable bonds is 6. The maximum atomic E-state index is 12.4. The van der Waals surface area contributed by atoms with Crippen molar-refractivity contribution in [3.8, 4) is 11.8 Å². The van der Waals surface area contributed by atoms with Crippen molar-refractivity contribution in [2.75, 3.05) is 27.2 Å². The second-order valence-electron chi connectivity index (χ2n) is 6.27. The molecule has 1 aromatic rings. The van der Waals surface area contributed by atoms with Crippen LogP contribution in [-0.2, 0) is 16.1 Å². The fourth-order valence-electron chi connectivity index (χ4n) is 2.90. The van der Waals surface area contributed by atoms with Crippen LogP contribution in [0, 0.1) is 23.2 Å². The molecule has 1 heterocycles. The molecule has 1 fully saturated rings. The predicted molar refractivity (Wildman–Crippen MR) is 88.9 cm³/mol. The summed E-state index contributed by atoms with van der Waals surface area (Å²) in [4.78, 5) is 27.9. The molecule has 1 aliphatic heterocycles. The number of amides is 2. The minimum atomic E-state index is -0.327. The summed E-state index contributed by atoms with van der Waals surface area (Å²) in [6.45, 7) is 3.08. The van der Waals surface area contributed by atoms with Crippen molar-refractivity contribution in [1.29, 1.82) is 5.26 Å². The summed E-state index contributed by atoms with van der Waals surface area (Å²) in [7, 11) is 3.30. The van der Waals surface area contributed by atoms with Crippen LogP contribution in [-0.4, -0.2) is 48.9 Å². The Balaban J connectivity index is 1.94. The SMILES string of the molecule is COc1ccc(CN2C[C@H](C(=O)N(C)C[C@@H](C)C#N)CC2=O)cc1. The standard InChI is InChI=1S/C18H23N3O3/c1-13(9-19)10-20(2)18(23)15-8-17(22)21(12-15)11-14-4-6-16(24-3)7-5-14/h4-7,13,15H,8,10-12H2,1-3H3/t13-,15+/m0/s1. The maximum absolute atomic E-state index is 12.4. The average Bonchev–Trinajstić information content (AvgIpc) is 2.95. The Labute approximate surface area is 142 Å². The summed E-state index contributed by atoms with van der Waals surface area (Å²) >= 11 is 0. The van der Waals surface area contributed by atoms with Crippen LogP contribution in [0.5, 0.6) is 5.75 Å². The fourth-order valence-corrected chi connectivity index (χ4v) is 2.90. The van der Waals surface area contributed by atoms with Gasteiger partial charge < -0.3 is 14.5 Å². The largest absolute Gasteiger partial charge is 0.497 e. The van der Waals surface area contributed by atoms with Crippen LogP contribution >= 0.6 is 0 Å². The van der Waals surface area contributed by atoms with Crippen molar-refractivity contribution in [1.82, 2.24) is 9.80 Å². The fraction of sp³-hybridized carbons (Fsp3) is 0.500. The van der Waals surface area contributed by atoms with Crippen molar-refractivity contribution in [3.05, 3.63) is 29.8 Å². The summed E-state index contributed by atoms with van der Waals surface area (Å²) in [6, 6.07) is 9.67. The minimum Gasteiger partial charge on any atom is -0.497 e. The van der Waals surface area contributed by atoms with Crippen molar-refractivity contribution in [2.24, 2.45) is 11.8 Å². The Kier molecular flexibility index (Phi) is 5.80. The van der Waals surface area contributed by atoms with E-state index in [1.807, 2.05) is 24.3 Å². The number of carbonyl (C=O) groups excluding carboxylic acids is 2. The van der Waals surface area contributed by atoms with Gasteiger partial charge in [-0.3, -0.25) is 9.59 Å². The van der Waals surface area contributed by atoms with E-state index in [4.69, 9.17) is 10.00 Å². The predicted octanol–water partition coefficient (Wildman–Crippen LogP) is 1.66. The first-order valence-corrected chi connectivity index (χ1v) is 8.00. The molecule has 0 aromatic heterocycles. The molecule has 128 valence electrons. The van der Waals surface area contributed by atoms with Crippen LogP contribution in [0.4, 0.5) is 0 Å². The van der Waals surface area contributed by atoms with E-state index in [1.54, 1.807) is 30.9 Å². The molecule has 2 amide bonds. The molecule has 0 aliphatic carbocycles. The highest BCUT2D eigenvalue weighted by Gasteiger charge is 2.35. The van der Waals surface area contributed by atoms with E-state index in [0.717, 1.165) is 11.3 Å². The van der Waals surface area contributed by atoms with Crippen LogP contribution in [0.3, 0.4) is 0 Å². The van der Waals surface area contributed by atoms with Gasteiger partial charge in [-0.05, 0) is 24.6 Å². The maximum Gasteiger partial charge on any atom is 0.227 e. The summed E-state index contributed by atoms with van der Waals surface area (Å²) in [5.74, 6) is 0.152. The molecule has 6 heteroatoms. The molecule has 0 saturated carbocycles. The second kappa shape index (κ2) is 7.82. The number of ether oxygens (including phenoxy) is 1. The molecule has 1 saturated heterocycles. The number of carbonyl (C=O) groups is 2. The van der Waals surface area contributed by atoms with Gasteiger partial charge >= 0.3 is 0 Å². The Bertz CT molecular complexity index is 636. The quantitative estimate of drug-likeness (QED) is 0.795. The van der Waals surface area contributed by atoms with Crippen LogP contribution in [0.15, 0.2) is 24.3 Å². The normalized spacial score (nSPS) is 18.2. The average molecular weight is 329 g/mol. The number of likely N-dealkylation sites (tertiary alicyclic amines) is 1. The van der Waals surface area contributed by atoms with Gasteiger partial charge in [-0.2, -0.15) is 5.26 Å². The zero-order valence-electron chi connectivity index (χ0n) is 14.4. The van der Waals surface area contributed by atoms with Crippen molar-refractivity contribution in [3.63, 3.8) is 0 Å². The lowest BCUT2D eigenvalue weighted by molar-refractivity contribution is -0.134. The Morgan fingerprint density at radius 3 is 2.71 bits per heavy atom. The van der Waals surface area contributed by atoms with Gasteiger partial charge in [0.2, 0.25) is 11.8 Å². The lowest BCUT2D eigenvalue weighted by Crippen LogP contribution is -2.36. The molecule has 2 atom stereocenters. The van der Waals surface area contributed by atoms with E-state index in [9.17, 15) is 9.59 Å². The smallest absolute Gasteiger partial charge is 0.227 e. The molecule has 2 rings (SSSR count). The highest BCUT2D eigenvalue weighted by atomic mass is 16.5. The summed E-state index contributed by atoms with van der Waals surface area (Å²) in [5, 5.41) is 8.86. The first-order chi connectivity index (χ1) is 11.4. The highest BCUT2D eigenvalue weighted by Crippen LogP contribution is 2.23. The summed E-state index contributed by atoms with van der Waals surface area (Å²) in [5.41, 5.74) is 1.00. The van der Waals surface area contributed by atoms with Gasteiger partial charge in [-0.1, -0.05) is 12.1 Å². The topological polar surface area (TPSA) is 73.6 Å². The third-order valence-corrected chi connectivity index (χ3v) is 4.24. The molecule has 24 heavy (non-hydrogen) atoms. The van der Waals surface area contributed by atoms with Crippen molar-refractivity contribution < 1.29 is 14.3 Å². The third kappa shape index (κ3) is 4.25. The number of hydrogen-bond acceptors (Lipinski definition) is 4. The first-order valence-electron chi connectivity index (χ1n) is 8.00. The van der Waals surface area contributed by atoms with Crippen LogP contribution in [0.25, 0.3) is 0 Å². The molecule has 0 spiro atoms. The number of nitriles is 1. The Hall–Kier alpha value is -2.55. The van der Waals surface area contributed by atoms with E-state index in [-0.39, 0.29) is 30.1 Å². The lowest BCUT2D eigenvalue weighted by Gasteiger charge is -2.22. The third-order valence-electron chi connectivity index (χ3n) is 4.24. The van der Waals surface area contributed by atoms with Gasteiger partial charge in [0.1, 0.15) is 5.75 Å². The van der Waals surface area contributed by atoms with Gasteiger partial charge in [0.15, 0.2) is 0 Å². The molecule has 0 unspecified atom stereocenters. The summed E-state index contributed by atoms with van der Waals surface area (Å²) in [6.07, 6.45) is 0.236. The van der Waals surface area contributed by atoms with Gasteiger partial charge in [0.25, 0.3) is 0 Å². The zero-order valence-corrected chi connectivity index (χ0v) is 14.4. The number of nitrogens with zero attached hydrogens (tertiary/aromatic N) is 3. The second-order valence-corrected chi connectivity index (χ2v) is 6.27. The lowest BCUT2D eigenvalue weighted by atomic mass is 10.1.